The second-order valence-electron chi connectivity index (χ2n) is 4.07. The minimum Gasteiger partial charge on any atom is -0.386 e. The number of hydrogen-bond acceptors (Lipinski definition) is 1. The molecule has 0 aromatic heterocycles. The monoisotopic (exact) mass is 230 g/mol. The number of aliphatic hydroxyl groups excluding tert-OH is 1. The summed E-state index contributed by atoms with van der Waals surface area (Å²) in [4.78, 5) is 0. The van der Waals surface area contributed by atoms with E-state index in [0.717, 1.165) is 16.7 Å². The summed E-state index contributed by atoms with van der Waals surface area (Å²) < 4.78 is 12.7. The topological polar surface area (TPSA) is 20.2 Å². The molecule has 0 spiro atoms. The average Bonchev–Trinajstić information content (AvgIpc) is 2.38. The molecule has 1 nitrogen and oxygen atoms in total. The van der Waals surface area contributed by atoms with E-state index in [1.165, 1.54) is 0 Å². The number of alkyl halides is 1. The van der Waals surface area contributed by atoms with Gasteiger partial charge in [0, 0.05) is 0 Å². The zero-order chi connectivity index (χ0) is 12.3. The first-order chi connectivity index (χ1) is 8.24. The first-order valence-electron chi connectivity index (χ1n) is 5.63. The van der Waals surface area contributed by atoms with E-state index in [0.29, 0.717) is 5.56 Å². The van der Waals surface area contributed by atoms with Crippen LogP contribution in [-0.2, 0) is 0 Å². The molecule has 0 saturated carbocycles. The molecule has 1 N–H and O–H groups in total. The van der Waals surface area contributed by atoms with Crippen molar-refractivity contribution in [2.75, 3.05) is 6.67 Å². The van der Waals surface area contributed by atoms with Crippen molar-refractivity contribution in [1.82, 2.24) is 0 Å². The molecule has 88 valence electrons. The SMILES string of the molecule is Cc1cccc(-c2ccccc2)c1C(O)CF. The van der Waals surface area contributed by atoms with Gasteiger partial charge in [-0.1, -0.05) is 48.5 Å². The van der Waals surface area contributed by atoms with Crippen molar-refractivity contribution < 1.29 is 9.50 Å². The van der Waals surface area contributed by atoms with Gasteiger partial charge in [-0.15, -0.1) is 0 Å². The number of aryl methyl sites for hydroxylation is 1. The smallest absolute Gasteiger partial charge is 0.120 e. The summed E-state index contributed by atoms with van der Waals surface area (Å²) in [6, 6.07) is 15.5. The Morgan fingerprint density at radius 1 is 1.06 bits per heavy atom. The Bertz CT molecular complexity index is 494. The van der Waals surface area contributed by atoms with Crippen LogP contribution >= 0.6 is 0 Å². The molecule has 1 atom stereocenters. The molecule has 0 aliphatic heterocycles. The molecular formula is C15H15FO. The maximum Gasteiger partial charge on any atom is 0.120 e. The van der Waals surface area contributed by atoms with E-state index in [1.807, 2.05) is 55.5 Å². The van der Waals surface area contributed by atoms with E-state index in [2.05, 4.69) is 0 Å². The predicted molar refractivity (Wildman–Crippen MR) is 67.5 cm³/mol. The van der Waals surface area contributed by atoms with Crippen LogP contribution in [0.25, 0.3) is 11.1 Å². The Kier molecular flexibility index (Phi) is 3.55. The lowest BCUT2D eigenvalue weighted by atomic mass is 9.93. The summed E-state index contributed by atoms with van der Waals surface area (Å²) in [6.07, 6.45) is -1.05. The van der Waals surface area contributed by atoms with Gasteiger partial charge in [-0.05, 0) is 29.2 Å². The van der Waals surface area contributed by atoms with Gasteiger partial charge in [0.2, 0.25) is 0 Å². The van der Waals surface area contributed by atoms with Gasteiger partial charge < -0.3 is 5.11 Å². The van der Waals surface area contributed by atoms with Gasteiger partial charge >= 0.3 is 0 Å². The van der Waals surface area contributed by atoms with Gasteiger partial charge in [-0.25, -0.2) is 4.39 Å². The highest BCUT2D eigenvalue weighted by molar-refractivity contribution is 5.69. The Morgan fingerprint density at radius 2 is 1.76 bits per heavy atom. The third kappa shape index (κ3) is 2.37. The fourth-order valence-corrected chi connectivity index (χ4v) is 2.07. The molecule has 0 fully saturated rings. The zero-order valence-electron chi connectivity index (χ0n) is 9.73. The molecule has 2 rings (SSSR count). The van der Waals surface area contributed by atoms with Gasteiger partial charge in [0.25, 0.3) is 0 Å². The van der Waals surface area contributed by atoms with Crippen molar-refractivity contribution in [3.63, 3.8) is 0 Å². The fraction of sp³-hybridized carbons (Fsp3) is 0.200. The lowest BCUT2D eigenvalue weighted by Gasteiger charge is -2.16. The summed E-state index contributed by atoms with van der Waals surface area (Å²) in [5.41, 5.74) is 3.49. The van der Waals surface area contributed by atoms with Crippen LogP contribution in [0.15, 0.2) is 48.5 Å². The maximum absolute atomic E-state index is 12.7. The van der Waals surface area contributed by atoms with Crippen LogP contribution in [0.5, 0.6) is 0 Å². The molecular weight excluding hydrogens is 215 g/mol. The van der Waals surface area contributed by atoms with E-state index in [-0.39, 0.29) is 0 Å². The Hall–Kier alpha value is -1.67. The van der Waals surface area contributed by atoms with Crippen molar-refractivity contribution in [1.29, 1.82) is 0 Å². The van der Waals surface area contributed by atoms with Crippen LogP contribution in [0.2, 0.25) is 0 Å². The molecule has 0 amide bonds. The molecule has 2 aromatic rings. The third-order valence-corrected chi connectivity index (χ3v) is 2.89. The van der Waals surface area contributed by atoms with Gasteiger partial charge in [0.1, 0.15) is 12.8 Å². The van der Waals surface area contributed by atoms with Gasteiger partial charge in [0.05, 0.1) is 0 Å². The van der Waals surface area contributed by atoms with Crippen molar-refractivity contribution >= 4 is 0 Å². The standard InChI is InChI=1S/C15H15FO/c1-11-6-5-9-13(15(11)14(17)10-16)12-7-3-2-4-8-12/h2-9,14,17H,10H2,1H3. The summed E-state index contributed by atoms with van der Waals surface area (Å²) in [5, 5.41) is 9.78. The van der Waals surface area contributed by atoms with Crippen LogP contribution in [0.4, 0.5) is 4.39 Å². The maximum atomic E-state index is 12.7. The van der Waals surface area contributed by atoms with Gasteiger partial charge in [0.15, 0.2) is 0 Å². The third-order valence-electron chi connectivity index (χ3n) is 2.89. The zero-order valence-corrected chi connectivity index (χ0v) is 9.73. The second kappa shape index (κ2) is 5.11. The number of rotatable bonds is 3. The largest absolute Gasteiger partial charge is 0.386 e. The molecule has 1 unspecified atom stereocenters. The lowest BCUT2D eigenvalue weighted by molar-refractivity contribution is 0.141. The predicted octanol–water partition coefficient (Wildman–Crippen LogP) is 3.66. The molecule has 17 heavy (non-hydrogen) atoms. The lowest BCUT2D eigenvalue weighted by Crippen LogP contribution is -2.04. The van der Waals surface area contributed by atoms with Crippen LogP contribution < -0.4 is 0 Å². The highest BCUT2D eigenvalue weighted by Crippen LogP contribution is 2.30. The molecule has 2 aromatic carbocycles. The Balaban J connectivity index is 2.58. The first kappa shape index (κ1) is 11.8. The van der Waals surface area contributed by atoms with Crippen LogP contribution in [0.1, 0.15) is 17.2 Å². The van der Waals surface area contributed by atoms with Gasteiger partial charge in [-0.3, -0.25) is 0 Å². The number of benzene rings is 2. The van der Waals surface area contributed by atoms with Crippen molar-refractivity contribution in [3.8, 4) is 11.1 Å². The van der Waals surface area contributed by atoms with Gasteiger partial charge in [-0.2, -0.15) is 0 Å². The normalized spacial score (nSPS) is 12.4. The van der Waals surface area contributed by atoms with Crippen molar-refractivity contribution in [3.05, 3.63) is 59.7 Å². The molecule has 0 aliphatic rings. The number of aliphatic hydroxyl groups is 1. The van der Waals surface area contributed by atoms with E-state index in [1.54, 1.807) is 0 Å². The molecule has 0 heterocycles. The summed E-state index contributed by atoms with van der Waals surface area (Å²) in [5.74, 6) is 0. The first-order valence-corrected chi connectivity index (χ1v) is 5.63. The summed E-state index contributed by atoms with van der Waals surface area (Å²) in [7, 11) is 0. The highest BCUT2D eigenvalue weighted by Gasteiger charge is 2.15. The van der Waals surface area contributed by atoms with E-state index < -0.39 is 12.8 Å². The van der Waals surface area contributed by atoms with E-state index in [9.17, 15) is 9.50 Å². The molecule has 0 saturated heterocycles. The van der Waals surface area contributed by atoms with E-state index in [4.69, 9.17) is 0 Å². The molecule has 2 heteroatoms. The molecule has 0 radical (unpaired) electrons. The minimum atomic E-state index is -1.05. The average molecular weight is 230 g/mol. The van der Waals surface area contributed by atoms with E-state index >= 15 is 0 Å². The number of halogens is 1. The molecule has 0 aliphatic carbocycles. The van der Waals surface area contributed by atoms with Crippen molar-refractivity contribution in [2.24, 2.45) is 0 Å². The Morgan fingerprint density at radius 3 is 2.41 bits per heavy atom. The van der Waals surface area contributed by atoms with Crippen molar-refractivity contribution in [2.45, 2.75) is 13.0 Å². The number of hydrogen-bond donors (Lipinski definition) is 1. The minimum absolute atomic E-state index is 0.682. The van der Waals surface area contributed by atoms with Crippen LogP contribution in [-0.4, -0.2) is 11.8 Å². The Labute approximate surface area is 101 Å². The van der Waals surface area contributed by atoms with Crippen LogP contribution in [0, 0.1) is 6.92 Å². The summed E-state index contributed by atoms with van der Waals surface area (Å²) >= 11 is 0. The second-order valence-corrected chi connectivity index (χ2v) is 4.07. The quantitative estimate of drug-likeness (QED) is 0.853. The summed E-state index contributed by atoms with van der Waals surface area (Å²) in [6.45, 7) is 1.13. The van der Waals surface area contributed by atoms with Crippen LogP contribution in [0.3, 0.4) is 0 Å². The fourth-order valence-electron chi connectivity index (χ4n) is 2.07. The molecule has 0 bridgehead atoms. The highest BCUT2D eigenvalue weighted by atomic mass is 19.1.